The monoisotopic (exact) mass is 417 g/mol. The van der Waals surface area contributed by atoms with Gasteiger partial charge in [0.1, 0.15) is 17.3 Å². The Bertz CT molecular complexity index is 1140. The van der Waals surface area contributed by atoms with Gasteiger partial charge in [-0.05, 0) is 29.8 Å². The summed E-state index contributed by atoms with van der Waals surface area (Å²) in [6.45, 7) is 0. The van der Waals surface area contributed by atoms with E-state index in [1.54, 1.807) is 0 Å². The van der Waals surface area contributed by atoms with E-state index in [-0.39, 0.29) is 22.4 Å². The second-order valence-corrected chi connectivity index (χ2v) is 6.83. The summed E-state index contributed by atoms with van der Waals surface area (Å²) in [5.74, 6) is -2.52. The molecule has 1 aromatic carbocycles. The predicted molar refractivity (Wildman–Crippen MR) is 86.2 cm³/mol. The van der Waals surface area contributed by atoms with Crippen LogP contribution in [0, 0.1) is 11.6 Å². The molecule has 28 heavy (non-hydrogen) atoms. The molecule has 2 heterocycles. The van der Waals surface area contributed by atoms with Crippen molar-refractivity contribution in [3.8, 4) is 28.3 Å². The van der Waals surface area contributed by atoms with Crippen molar-refractivity contribution in [2.45, 2.75) is 5.51 Å². The summed E-state index contributed by atoms with van der Waals surface area (Å²) in [5, 5.41) is 6.56. The van der Waals surface area contributed by atoms with Crippen LogP contribution in [0.3, 0.4) is 0 Å². The third-order valence-electron chi connectivity index (χ3n) is 3.42. The maximum Gasteiger partial charge on any atom is 0.534 e. The van der Waals surface area contributed by atoms with Crippen LogP contribution in [0.2, 0.25) is 0 Å². The topological polar surface area (TPSA) is 82.0 Å². The van der Waals surface area contributed by atoms with Crippen molar-refractivity contribution in [1.29, 1.82) is 0 Å². The van der Waals surface area contributed by atoms with Gasteiger partial charge in [0, 0.05) is 23.4 Å². The van der Waals surface area contributed by atoms with Crippen LogP contribution in [-0.4, -0.2) is 29.1 Å². The second kappa shape index (κ2) is 7.11. The lowest BCUT2D eigenvalue weighted by Crippen LogP contribution is -2.28. The molecule has 0 N–H and O–H groups in total. The smallest absolute Gasteiger partial charge is 0.354 e. The Morgan fingerprint density at radius 1 is 0.964 bits per heavy atom. The zero-order valence-electron chi connectivity index (χ0n) is 13.5. The van der Waals surface area contributed by atoms with Crippen molar-refractivity contribution in [1.82, 2.24) is 15.2 Å². The Morgan fingerprint density at radius 3 is 2.39 bits per heavy atom. The third-order valence-corrected chi connectivity index (χ3v) is 4.38. The van der Waals surface area contributed by atoms with E-state index in [1.807, 2.05) is 0 Å². The highest BCUT2D eigenvalue weighted by Crippen LogP contribution is 2.31. The highest BCUT2D eigenvalue weighted by Gasteiger charge is 2.49. The summed E-state index contributed by atoms with van der Waals surface area (Å²) in [4.78, 5) is 3.77. The molecule has 2 aromatic heterocycles. The molecule has 0 unspecified atom stereocenters. The van der Waals surface area contributed by atoms with Crippen LogP contribution >= 0.6 is 0 Å². The number of halogens is 5. The number of hydrogen-bond donors (Lipinski definition) is 0. The van der Waals surface area contributed by atoms with Gasteiger partial charge in [-0.3, -0.25) is 4.98 Å². The maximum atomic E-state index is 14.1. The molecule has 0 radical (unpaired) electrons. The van der Waals surface area contributed by atoms with Crippen molar-refractivity contribution in [3.63, 3.8) is 0 Å². The molecule has 3 aromatic rings. The van der Waals surface area contributed by atoms with Gasteiger partial charge in [0.15, 0.2) is 0 Å². The van der Waals surface area contributed by atoms with Gasteiger partial charge in [-0.1, -0.05) is 6.07 Å². The Hall–Kier alpha value is -3.15. The van der Waals surface area contributed by atoms with Crippen LogP contribution in [0.15, 0.2) is 48.8 Å². The van der Waals surface area contributed by atoms with Gasteiger partial charge in [-0.25, -0.2) is 8.78 Å². The van der Waals surface area contributed by atoms with Gasteiger partial charge >= 0.3 is 15.6 Å². The standard InChI is InChI=1S/C16H8F5N3O3S/c17-12-4-3-9(6-11(12)15-13(18)2-1-5-22-15)10-7-14(24-23-8-10)27-28(25,26)16(19,20)21/h1-8H. The highest BCUT2D eigenvalue weighted by molar-refractivity contribution is 7.87. The van der Waals surface area contributed by atoms with Gasteiger partial charge in [-0.15, -0.1) is 5.10 Å². The molecule has 0 aliphatic carbocycles. The van der Waals surface area contributed by atoms with E-state index in [2.05, 4.69) is 19.4 Å². The Kier molecular flexibility index (Phi) is 4.98. The van der Waals surface area contributed by atoms with Gasteiger partial charge in [-0.2, -0.15) is 26.7 Å². The van der Waals surface area contributed by atoms with Gasteiger partial charge in [0.25, 0.3) is 5.88 Å². The first-order valence-corrected chi connectivity index (χ1v) is 8.73. The molecule has 0 spiro atoms. The van der Waals surface area contributed by atoms with Crippen LogP contribution in [0.5, 0.6) is 5.88 Å². The number of nitrogens with zero attached hydrogens (tertiary/aromatic N) is 3. The molecule has 0 fully saturated rings. The minimum absolute atomic E-state index is 0.0555. The fourth-order valence-corrected chi connectivity index (χ4v) is 2.58. The fraction of sp³-hybridized carbons (Fsp3) is 0.0625. The number of alkyl halides is 3. The first kappa shape index (κ1) is 19.6. The first-order valence-electron chi connectivity index (χ1n) is 7.33. The molecule has 0 saturated carbocycles. The van der Waals surface area contributed by atoms with Crippen LogP contribution in [0.1, 0.15) is 0 Å². The van der Waals surface area contributed by atoms with Crippen molar-refractivity contribution in [3.05, 3.63) is 60.4 Å². The number of aromatic nitrogens is 3. The van der Waals surface area contributed by atoms with Crippen LogP contribution in [0.25, 0.3) is 22.4 Å². The molecule has 0 atom stereocenters. The molecule has 146 valence electrons. The zero-order valence-corrected chi connectivity index (χ0v) is 14.3. The van der Waals surface area contributed by atoms with E-state index in [9.17, 15) is 30.4 Å². The SMILES string of the molecule is O=S(=O)(Oc1cc(-c2ccc(F)c(-c3ncccc3F)c2)cnn1)C(F)(F)F. The molecule has 0 aliphatic rings. The van der Waals surface area contributed by atoms with Crippen molar-refractivity contribution in [2.75, 3.05) is 0 Å². The van der Waals surface area contributed by atoms with E-state index in [1.165, 1.54) is 24.4 Å². The molecule has 0 bridgehead atoms. The molecule has 0 amide bonds. The fourth-order valence-electron chi connectivity index (χ4n) is 2.18. The number of hydrogen-bond acceptors (Lipinski definition) is 6. The highest BCUT2D eigenvalue weighted by atomic mass is 32.2. The van der Waals surface area contributed by atoms with Gasteiger partial charge in [0.2, 0.25) is 0 Å². The van der Waals surface area contributed by atoms with Crippen LogP contribution in [0.4, 0.5) is 22.0 Å². The van der Waals surface area contributed by atoms with Crippen LogP contribution in [-0.2, 0) is 10.1 Å². The molecule has 0 aliphatic heterocycles. The third kappa shape index (κ3) is 3.91. The molecule has 6 nitrogen and oxygen atoms in total. The van der Waals surface area contributed by atoms with Crippen molar-refractivity contribution < 1.29 is 34.6 Å². The second-order valence-electron chi connectivity index (χ2n) is 5.29. The molecule has 0 saturated heterocycles. The summed E-state index contributed by atoms with van der Waals surface area (Å²) in [7, 11) is -5.94. The Balaban J connectivity index is 2.02. The molecular formula is C16H8F5N3O3S. The first-order chi connectivity index (χ1) is 13.1. The van der Waals surface area contributed by atoms with E-state index >= 15 is 0 Å². The normalized spacial score (nSPS) is 12.0. The lowest BCUT2D eigenvalue weighted by Gasteiger charge is -2.10. The van der Waals surface area contributed by atoms with Gasteiger partial charge < -0.3 is 4.18 Å². The number of benzene rings is 1. The molecule has 3 rings (SSSR count). The summed E-state index contributed by atoms with van der Waals surface area (Å²) in [6.07, 6.45) is 2.34. The van der Waals surface area contributed by atoms with E-state index in [0.29, 0.717) is 0 Å². The summed E-state index contributed by atoms with van der Waals surface area (Å²) < 4.78 is 91.4. The summed E-state index contributed by atoms with van der Waals surface area (Å²) in [5.41, 5.74) is -5.90. The zero-order chi connectivity index (χ0) is 20.5. The largest absolute Gasteiger partial charge is 0.534 e. The number of rotatable bonds is 4. The van der Waals surface area contributed by atoms with Crippen LogP contribution < -0.4 is 4.18 Å². The minimum Gasteiger partial charge on any atom is -0.354 e. The minimum atomic E-state index is -5.94. The predicted octanol–water partition coefficient (Wildman–Crippen LogP) is 3.71. The Labute approximate surface area is 154 Å². The average molecular weight is 417 g/mol. The summed E-state index contributed by atoms with van der Waals surface area (Å²) >= 11 is 0. The maximum absolute atomic E-state index is 14.1. The van der Waals surface area contributed by atoms with Crippen molar-refractivity contribution in [2.24, 2.45) is 0 Å². The lowest BCUT2D eigenvalue weighted by molar-refractivity contribution is -0.0501. The van der Waals surface area contributed by atoms with E-state index in [0.717, 1.165) is 24.4 Å². The quantitative estimate of drug-likeness (QED) is 0.366. The summed E-state index contributed by atoms with van der Waals surface area (Å²) in [6, 6.07) is 6.67. The van der Waals surface area contributed by atoms with Gasteiger partial charge in [0.05, 0.1) is 6.20 Å². The lowest BCUT2D eigenvalue weighted by atomic mass is 10.0. The molecule has 12 heteroatoms. The number of pyridine rings is 1. The van der Waals surface area contributed by atoms with E-state index in [4.69, 9.17) is 0 Å². The average Bonchev–Trinajstić information content (AvgIpc) is 2.62. The van der Waals surface area contributed by atoms with Crippen molar-refractivity contribution >= 4 is 10.1 Å². The molecular weight excluding hydrogens is 409 g/mol. The van der Waals surface area contributed by atoms with E-state index < -0.39 is 33.1 Å². The Morgan fingerprint density at radius 2 is 1.71 bits per heavy atom.